The van der Waals surface area contributed by atoms with Crippen molar-refractivity contribution in [2.24, 2.45) is 0 Å². The fourth-order valence-electron chi connectivity index (χ4n) is 1.85. The van der Waals surface area contributed by atoms with Crippen LogP contribution in [0.1, 0.15) is 26.7 Å². The van der Waals surface area contributed by atoms with Crippen LogP contribution in [0.25, 0.3) is 11.4 Å². The topological polar surface area (TPSA) is 49.8 Å². The third-order valence-electron chi connectivity index (χ3n) is 2.87. The van der Waals surface area contributed by atoms with E-state index in [4.69, 9.17) is 0 Å². The largest absolute Gasteiger partial charge is 0.370 e. The minimum Gasteiger partial charge on any atom is -0.370 e. The number of nitrogens with zero attached hydrogens (tertiary/aromatic N) is 2. The van der Waals surface area contributed by atoms with Crippen LogP contribution in [0.5, 0.6) is 0 Å². The van der Waals surface area contributed by atoms with Gasteiger partial charge in [-0.3, -0.25) is 0 Å². The second-order valence-corrected chi connectivity index (χ2v) is 4.68. The molecule has 0 aliphatic carbocycles. The summed E-state index contributed by atoms with van der Waals surface area (Å²) in [5, 5.41) is 6.66. The Balaban J connectivity index is 2.29. The van der Waals surface area contributed by atoms with Crippen LogP contribution in [0.3, 0.4) is 0 Å². The lowest BCUT2D eigenvalue weighted by molar-refractivity contribution is 0.953. The fraction of sp³-hybridized carbons (Fsp3) is 0.375. The molecule has 20 heavy (non-hydrogen) atoms. The molecule has 0 amide bonds. The average molecular weight is 270 g/mol. The fourth-order valence-corrected chi connectivity index (χ4v) is 1.85. The lowest BCUT2D eigenvalue weighted by atomic mass is 10.2. The highest BCUT2D eigenvalue weighted by Gasteiger charge is 2.06. The van der Waals surface area contributed by atoms with Gasteiger partial charge < -0.3 is 10.6 Å². The summed E-state index contributed by atoms with van der Waals surface area (Å²) in [7, 11) is 0. The maximum Gasteiger partial charge on any atom is 0.163 e. The van der Waals surface area contributed by atoms with Crippen LogP contribution in [0.15, 0.2) is 36.4 Å². The van der Waals surface area contributed by atoms with E-state index < -0.39 is 0 Å². The van der Waals surface area contributed by atoms with E-state index in [1.54, 1.807) is 0 Å². The molecule has 4 nitrogen and oxygen atoms in total. The van der Waals surface area contributed by atoms with E-state index in [1.807, 2.05) is 36.4 Å². The standard InChI is InChI=1S/C16H22N4/c1-3-10-17-14-12-15(18-11-4-2)20-16(19-14)13-8-6-5-7-9-13/h5-9,12H,3-4,10-11H2,1-2H3,(H2,17,18,19,20). The van der Waals surface area contributed by atoms with Crippen molar-refractivity contribution in [2.75, 3.05) is 23.7 Å². The summed E-state index contributed by atoms with van der Waals surface area (Å²) in [6.45, 7) is 6.11. The summed E-state index contributed by atoms with van der Waals surface area (Å²) in [5.74, 6) is 2.50. The Morgan fingerprint density at radius 2 is 1.40 bits per heavy atom. The average Bonchev–Trinajstić information content (AvgIpc) is 2.51. The first-order chi connectivity index (χ1) is 9.83. The number of hydrogen-bond acceptors (Lipinski definition) is 4. The van der Waals surface area contributed by atoms with Gasteiger partial charge >= 0.3 is 0 Å². The molecule has 1 aromatic heterocycles. The van der Waals surface area contributed by atoms with Crippen molar-refractivity contribution in [2.45, 2.75) is 26.7 Å². The minimum atomic E-state index is 0.755. The molecule has 1 heterocycles. The van der Waals surface area contributed by atoms with Crippen molar-refractivity contribution in [3.05, 3.63) is 36.4 Å². The molecule has 0 radical (unpaired) electrons. The van der Waals surface area contributed by atoms with Crippen LogP contribution in [0, 0.1) is 0 Å². The van der Waals surface area contributed by atoms with Crippen LogP contribution in [0.2, 0.25) is 0 Å². The van der Waals surface area contributed by atoms with E-state index in [9.17, 15) is 0 Å². The van der Waals surface area contributed by atoms with Crippen molar-refractivity contribution < 1.29 is 0 Å². The summed E-state index contributed by atoms with van der Waals surface area (Å²) in [4.78, 5) is 9.17. The Kier molecular flexibility index (Phi) is 5.35. The third kappa shape index (κ3) is 3.95. The molecule has 0 spiro atoms. The molecule has 0 saturated carbocycles. The van der Waals surface area contributed by atoms with Gasteiger partial charge in [0.25, 0.3) is 0 Å². The van der Waals surface area contributed by atoms with E-state index in [0.29, 0.717) is 0 Å². The van der Waals surface area contributed by atoms with Gasteiger partial charge in [0.2, 0.25) is 0 Å². The lowest BCUT2D eigenvalue weighted by Crippen LogP contribution is -2.07. The molecular formula is C16H22N4. The van der Waals surface area contributed by atoms with Crippen LogP contribution in [0.4, 0.5) is 11.6 Å². The highest BCUT2D eigenvalue weighted by atomic mass is 15.1. The van der Waals surface area contributed by atoms with Gasteiger partial charge in [0.1, 0.15) is 11.6 Å². The molecule has 4 heteroatoms. The minimum absolute atomic E-state index is 0.755. The van der Waals surface area contributed by atoms with E-state index in [1.165, 1.54) is 0 Å². The first-order valence-electron chi connectivity index (χ1n) is 7.25. The van der Waals surface area contributed by atoms with E-state index in [0.717, 1.165) is 49.0 Å². The number of benzene rings is 1. The van der Waals surface area contributed by atoms with Gasteiger partial charge in [0.15, 0.2) is 5.82 Å². The second-order valence-electron chi connectivity index (χ2n) is 4.68. The number of aromatic nitrogens is 2. The molecule has 0 aliphatic heterocycles. The van der Waals surface area contributed by atoms with Crippen molar-refractivity contribution in [1.82, 2.24) is 9.97 Å². The number of nitrogens with one attached hydrogen (secondary N) is 2. The summed E-state index contributed by atoms with van der Waals surface area (Å²) >= 11 is 0. The highest BCUT2D eigenvalue weighted by Crippen LogP contribution is 2.20. The Morgan fingerprint density at radius 3 is 1.90 bits per heavy atom. The molecule has 0 atom stereocenters. The maximum absolute atomic E-state index is 4.59. The van der Waals surface area contributed by atoms with Crippen LogP contribution in [-0.2, 0) is 0 Å². The van der Waals surface area contributed by atoms with E-state index >= 15 is 0 Å². The van der Waals surface area contributed by atoms with Gasteiger partial charge in [-0.25, -0.2) is 9.97 Å². The third-order valence-corrected chi connectivity index (χ3v) is 2.87. The predicted molar refractivity (Wildman–Crippen MR) is 85.0 cm³/mol. The first kappa shape index (κ1) is 14.3. The molecule has 2 aromatic rings. The van der Waals surface area contributed by atoms with Crippen molar-refractivity contribution in [3.63, 3.8) is 0 Å². The first-order valence-corrected chi connectivity index (χ1v) is 7.25. The zero-order chi connectivity index (χ0) is 14.2. The quantitative estimate of drug-likeness (QED) is 0.803. The lowest BCUT2D eigenvalue weighted by Gasteiger charge is -2.10. The van der Waals surface area contributed by atoms with Gasteiger partial charge in [-0.05, 0) is 12.8 Å². The van der Waals surface area contributed by atoms with E-state index in [2.05, 4.69) is 34.4 Å². The molecule has 106 valence electrons. The molecule has 2 rings (SSSR count). The van der Waals surface area contributed by atoms with Crippen LogP contribution < -0.4 is 10.6 Å². The molecular weight excluding hydrogens is 248 g/mol. The van der Waals surface area contributed by atoms with Crippen molar-refractivity contribution >= 4 is 11.6 Å². The van der Waals surface area contributed by atoms with Gasteiger partial charge in [0, 0.05) is 24.7 Å². The Morgan fingerprint density at radius 1 is 0.850 bits per heavy atom. The highest BCUT2D eigenvalue weighted by molar-refractivity contribution is 5.61. The molecule has 0 bridgehead atoms. The predicted octanol–water partition coefficient (Wildman–Crippen LogP) is 3.79. The van der Waals surface area contributed by atoms with Crippen molar-refractivity contribution in [1.29, 1.82) is 0 Å². The zero-order valence-corrected chi connectivity index (χ0v) is 12.2. The molecule has 0 saturated heterocycles. The molecule has 2 N–H and O–H groups in total. The zero-order valence-electron chi connectivity index (χ0n) is 12.2. The Bertz CT molecular complexity index is 499. The SMILES string of the molecule is CCCNc1cc(NCCC)nc(-c2ccccc2)n1. The monoisotopic (exact) mass is 270 g/mol. The van der Waals surface area contributed by atoms with Crippen LogP contribution in [-0.4, -0.2) is 23.1 Å². The number of rotatable bonds is 7. The summed E-state index contributed by atoms with van der Waals surface area (Å²) in [5.41, 5.74) is 1.03. The van der Waals surface area contributed by atoms with Gasteiger partial charge in [-0.1, -0.05) is 44.2 Å². The Labute approximate surface area is 120 Å². The molecule has 0 aliphatic rings. The Hall–Kier alpha value is -2.10. The molecule has 0 unspecified atom stereocenters. The normalized spacial score (nSPS) is 10.3. The second kappa shape index (κ2) is 7.48. The summed E-state index contributed by atoms with van der Waals surface area (Å²) in [6.07, 6.45) is 2.14. The van der Waals surface area contributed by atoms with Gasteiger partial charge in [-0.2, -0.15) is 0 Å². The molecule has 1 aromatic carbocycles. The summed E-state index contributed by atoms with van der Waals surface area (Å²) < 4.78 is 0. The van der Waals surface area contributed by atoms with Crippen LogP contribution >= 0.6 is 0 Å². The van der Waals surface area contributed by atoms with Gasteiger partial charge in [-0.15, -0.1) is 0 Å². The molecule has 0 fully saturated rings. The maximum atomic E-state index is 4.59. The number of anilines is 2. The number of hydrogen-bond donors (Lipinski definition) is 2. The van der Waals surface area contributed by atoms with Crippen molar-refractivity contribution in [3.8, 4) is 11.4 Å². The smallest absolute Gasteiger partial charge is 0.163 e. The van der Waals surface area contributed by atoms with Gasteiger partial charge in [0.05, 0.1) is 0 Å². The summed E-state index contributed by atoms with van der Waals surface area (Å²) in [6, 6.07) is 12.0. The van der Waals surface area contributed by atoms with E-state index in [-0.39, 0.29) is 0 Å².